The Morgan fingerprint density at radius 3 is 0.972 bits per heavy atom. The van der Waals surface area contributed by atoms with Crippen molar-refractivity contribution in [3.8, 4) is 52.5 Å². The molecule has 0 aliphatic carbocycles. The second-order valence-corrected chi connectivity index (χ2v) is 6.88. The largest absolute Gasteiger partial charge is 0.494 e. The lowest BCUT2D eigenvalue weighted by Crippen LogP contribution is -2.02. The van der Waals surface area contributed by atoms with Crippen molar-refractivity contribution in [3.63, 3.8) is 0 Å². The Labute approximate surface area is 203 Å². The predicted octanol–water partition coefficient (Wildman–Crippen LogP) is 5.69. The molecule has 36 heavy (non-hydrogen) atoms. The van der Waals surface area contributed by atoms with Gasteiger partial charge >= 0.3 is 18.0 Å². The summed E-state index contributed by atoms with van der Waals surface area (Å²) in [5.41, 5.74) is 0. The van der Waals surface area contributed by atoms with Crippen LogP contribution in [-0.2, 0) is 0 Å². The van der Waals surface area contributed by atoms with E-state index in [1.165, 1.54) is 57.7 Å². The Bertz CT molecular complexity index is 1210. The third-order valence-corrected chi connectivity index (χ3v) is 4.57. The Kier molecular flexibility index (Phi) is 7.23. The zero-order chi connectivity index (χ0) is 25.7. The summed E-state index contributed by atoms with van der Waals surface area (Å²) >= 11 is 0. The summed E-state index contributed by atoms with van der Waals surface area (Å²) in [5.74, 6) is -1.93. The minimum Gasteiger partial charge on any atom is -0.494 e. The molecular weight excluding hydrogens is 483 g/mol. The number of hydrogen-bond donors (Lipinski definition) is 0. The molecule has 0 spiro atoms. The summed E-state index contributed by atoms with van der Waals surface area (Å²) in [6.45, 7) is 0. The lowest BCUT2D eigenvalue weighted by atomic mass is 10.3. The van der Waals surface area contributed by atoms with E-state index >= 15 is 0 Å². The van der Waals surface area contributed by atoms with Crippen LogP contribution in [0.15, 0.2) is 54.6 Å². The van der Waals surface area contributed by atoms with Gasteiger partial charge in [0.25, 0.3) is 0 Å². The highest BCUT2D eigenvalue weighted by Gasteiger charge is 2.16. The maximum absolute atomic E-state index is 14.1. The van der Waals surface area contributed by atoms with Crippen LogP contribution in [0.4, 0.5) is 13.2 Å². The molecule has 1 heterocycles. The molecule has 4 rings (SSSR count). The molecule has 0 saturated carbocycles. The van der Waals surface area contributed by atoms with Gasteiger partial charge in [0, 0.05) is 18.2 Å². The number of benzene rings is 3. The van der Waals surface area contributed by atoms with Crippen LogP contribution < -0.4 is 28.4 Å². The van der Waals surface area contributed by atoms with Crippen LogP contribution in [0.1, 0.15) is 0 Å². The summed E-state index contributed by atoms with van der Waals surface area (Å²) in [5, 5.41) is 0. The average Bonchev–Trinajstić information content (AvgIpc) is 2.84. The van der Waals surface area contributed by atoms with E-state index in [1.54, 1.807) is 0 Å². The molecule has 0 saturated heterocycles. The minimum atomic E-state index is -0.681. The van der Waals surface area contributed by atoms with E-state index in [1.807, 2.05) is 0 Å². The summed E-state index contributed by atoms with van der Waals surface area (Å²) < 4.78 is 73.5. The Balaban J connectivity index is 1.67. The number of ether oxygens (including phenoxy) is 6. The number of aromatic nitrogens is 3. The Morgan fingerprint density at radius 1 is 0.472 bits per heavy atom. The topological polar surface area (TPSA) is 94.1 Å². The van der Waals surface area contributed by atoms with Gasteiger partial charge in [-0.25, -0.2) is 13.2 Å². The van der Waals surface area contributed by atoms with Crippen molar-refractivity contribution in [1.82, 2.24) is 15.0 Å². The number of nitrogens with zero attached hydrogens (tertiary/aromatic N) is 3. The molecule has 0 fully saturated rings. The summed E-state index contributed by atoms with van der Waals surface area (Å²) in [6, 6.07) is 10.4. The molecule has 9 nitrogen and oxygen atoms in total. The zero-order valence-electron chi connectivity index (χ0n) is 19.1. The van der Waals surface area contributed by atoms with E-state index in [4.69, 9.17) is 28.4 Å². The summed E-state index contributed by atoms with van der Waals surface area (Å²) in [7, 11) is 3.96. The van der Waals surface area contributed by atoms with Crippen molar-refractivity contribution in [2.75, 3.05) is 21.3 Å². The molecule has 0 unspecified atom stereocenters. The molecule has 0 aliphatic rings. The summed E-state index contributed by atoms with van der Waals surface area (Å²) in [6.07, 6.45) is 0. The standard InChI is InChI=1S/C24H18F3N3O6/c1-31-19-7-4-13(10-16(19)25)34-22-28-23(35-14-5-8-20(32-2)17(26)11-14)30-24(29-22)36-15-6-9-21(33-3)18(27)12-15/h4-12H,1-3H3. The zero-order valence-corrected chi connectivity index (χ0v) is 19.1. The molecule has 0 amide bonds. The second kappa shape index (κ2) is 10.7. The highest BCUT2D eigenvalue weighted by atomic mass is 19.1. The van der Waals surface area contributed by atoms with Gasteiger partial charge in [0.2, 0.25) is 0 Å². The normalized spacial score (nSPS) is 10.5. The Hall–Kier alpha value is -4.74. The number of rotatable bonds is 9. The maximum Gasteiger partial charge on any atom is 0.331 e. The van der Waals surface area contributed by atoms with Gasteiger partial charge in [-0.05, 0) is 36.4 Å². The molecule has 186 valence electrons. The molecule has 4 aromatic rings. The van der Waals surface area contributed by atoms with Gasteiger partial charge in [-0.1, -0.05) is 0 Å². The van der Waals surface area contributed by atoms with E-state index < -0.39 is 17.5 Å². The van der Waals surface area contributed by atoms with E-state index in [0.29, 0.717) is 0 Å². The van der Waals surface area contributed by atoms with Gasteiger partial charge in [-0.2, -0.15) is 0 Å². The molecule has 1 aromatic heterocycles. The fourth-order valence-electron chi connectivity index (χ4n) is 2.91. The molecule has 0 bridgehead atoms. The minimum absolute atomic E-state index is 0.00843. The van der Waals surface area contributed by atoms with E-state index in [-0.39, 0.29) is 52.5 Å². The third kappa shape index (κ3) is 5.66. The molecule has 12 heteroatoms. The lowest BCUT2D eigenvalue weighted by molar-refractivity contribution is 0.353. The van der Waals surface area contributed by atoms with Crippen LogP contribution in [0.25, 0.3) is 0 Å². The number of halogens is 3. The molecular formula is C24H18F3N3O6. The maximum atomic E-state index is 14.1. The van der Waals surface area contributed by atoms with Crippen LogP contribution in [0.5, 0.6) is 52.5 Å². The van der Waals surface area contributed by atoms with Crippen LogP contribution in [0.2, 0.25) is 0 Å². The third-order valence-electron chi connectivity index (χ3n) is 4.57. The first-order valence-corrected chi connectivity index (χ1v) is 10.2. The Morgan fingerprint density at radius 2 is 0.750 bits per heavy atom. The van der Waals surface area contributed by atoms with Gasteiger partial charge < -0.3 is 28.4 Å². The van der Waals surface area contributed by atoms with E-state index in [9.17, 15) is 13.2 Å². The first kappa shape index (κ1) is 24.4. The molecule has 0 aliphatic heterocycles. The van der Waals surface area contributed by atoms with Crippen LogP contribution in [-0.4, -0.2) is 36.3 Å². The van der Waals surface area contributed by atoms with E-state index in [0.717, 1.165) is 18.2 Å². The highest BCUT2D eigenvalue weighted by Crippen LogP contribution is 2.31. The van der Waals surface area contributed by atoms with Gasteiger partial charge in [-0.3, -0.25) is 0 Å². The van der Waals surface area contributed by atoms with Crippen molar-refractivity contribution >= 4 is 0 Å². The van der Waals surface area contributed by atoms with Crippen molar-refractivity contribution in [1.29, 1.82) is 0 Å². The van der Waals surface area contributed by atoms with Crippen molar-refractivity contribution in [3.05, 3.63) is 72.0 Å². The highest BCUT2D eigenvalue weighted by molar-refractivity contribution is 5.37. The molecule has 0 N–H and O–H groups in total. The van der Waals surface area contributed by atoms with Crippen LogP contribution in [0, 0.1) is 17.5 Å². The molecule has 0 atom stereocenters. The SMILES string of the molecule is COc1ccc(Oc2nc(Oc3ccc(OC)c(F)c3)nc(Oc3ccc(OC)c(F)c3)n2)cc1F. The van der Waals surface area contributed by atoms with Crippen molar-refractivity contribution < 1.29 is 41.6 Å². The predicted molar refractivity (Wildman–Crippen MR) is 119 cm³/mol. The monoisotopic (exact) mass is 501 g/mol. The van der Waals surface area contributed by atoms with Crippen LogP contribution in [0.3, 0.4) is 0 Å². The van der Waals surface area contributed by atoms with E-state index in [2.05, 4.69) is 15.0 Å². The van der Waals surface area contributed by atoms with Gasteiger partial charge in [0.15, 0.2) is 34.7 Å². The van der Waals surface area contributed by atoms with Crippen LogP contribution >= 0.6 is 0 Å². The first-order chi connectivity index (χ1) is 17.4. The second-order valence-electron chi connectivity index (χ2n) is 6.88. The lowest BCUT2D eigenvalue weighted by Gasteiger charge is -2.11. The summed E-state index contributed by atoms with van der Waals surface area (Å²) in [4.78, 5) is 12.0. The van der Waals surface area contributed by atoms with Gasteiger partial charge in [0.05, 0.1) is 21.3 Å². The van der Waals surface area contributed by atoms with Gasteiger partial charge in [-0.15, -0.1) is 15.0 Å². The number of methoxy groups -OCH3 is 3. The fourth-order valence-corrected chi connectivity index (χ4v) is 2.91. The van der Waals surface area contributed by atoms with Crippen molar-refractivity contribution in [2.45, 2.75) is 0 Å². The van der Waals surface area contributed by atoms with Crippen molar-refractivity contribution in [2.24, 2.45) is 0 Å². The number of hydrogen-bond acceptors (Lipinski definition) is 9. The fraction of sp³-hybridized carbons (Fsp3) is 0.125. The average molecular weight is 501 g/mol. The first-order valence-electron chi connectivity index (χ1n) is 10.2. The molecule has 0 radical (unpaired) electrons. The molecule has 3 aromatic carbocycles. The quantitative estimate of drug-likeness (QED) is 0.287. The smallest absolute Gasteiger partial charge is 0.331 e. The van der Waals surface area contributed by atoms with Gasteiger partial charge in [0.1, 0.15) is 17.2 Å².